The summed E-state index contributed by atoms with van der Waals surface area (Å²) in [6.07, 6.45) is 6.20. The summed E-state index contributed by atoms with van der Waals surface area (Å²) in [6.45, 7) is 4.88. The number of hydrogen-bond donors (Lipinski definition) is 2. The SMILES string of the molecule is COc1cc(C=CCN2CCC(Nc3cc(=O)oc4ccc(C)cc34)CC2)ccc1O. The minimum atomic E-state index is -0.327. The first kappa shape index (κ1) is 21.0. The van der Waals surface area contributed by atoms with Gasteiger partial charge in [-0.05, 0) is 49.6 Å². The van der Waals surface area contributed by atoms with Gasteiger partial charge in [0, 0.05) is 37.1 Å². The molecule has 0 unspecified atom stereocenters. The molecular weight excluding hydrogens is 392 g/mol. The molecule has 6 nitrogen and oxygen atoms in total. The number of benzene rings is 2. The molecule has 0 amide bonds. The molecule has 2 aromatic carbocycles. The van der Waals surface area contributed by atoms with Crippen molar-refractivity contribution in [3.05, 3.63) is 70.1 Å². The first-order valence-electron chi connectivity index (χ1n) is 10.6. The maximum Gasteiger partial charge on any atom is 0.338 e. The molecule has 1 aliphatic rings. The van der Waals surface area contributed by atoms with Crippen molar-refractivity contribution < 1.29 is 14.3 Å². The zero-order valence-electron chi connectivity index (χ0n) is 17.9. The van der Waals surface area contributed by atoms with Crippen molar-refractivity contribution in [3.63, 3.8) is 0 Å². The molecule has 4 rings (SSSR count). The van der Waals surface area contributed by atoms with Crippen molar-refractivity contribution in [2.45, 2.75) is 25.8 Å². The van der Waals surface area contributed by atoms with Gasteiger partial charge < -0.3 is 19.6 Å². The first-order valence-corrected chi connectivity index (χ1v) is 10.6. The third-order valence-corrected chi connectivity index (χ3v) is 5.72. The standard InChI is InChI=1S/C25H28N2O4/c1-17-5-8-23-20(14-17)21(16-25(29)31-23)26-19-9-12-27(13-10-19)11-3-4-18-6-7-22(28)24(15-18)30-2/h3-8,14-16,19,26,28H,9-13H2,1-2H3. The molecule has 2 N–H and O–H groups in total. The Hall–Kier alpha value is -3.25. The van der Waals surface area contributed by atoms with E-state index in [0.29, 0.717) is 17.4 Å². The number of piperidine rings is 1. The van der Waals surface area contributed by atoms with E-state index in [9.17, 15) is 9.90 Å². The molecule has 162 valence electrons. The lowest BCUT2D eigenvalue weighted by Gasteiger charge is -2.32. The van der Waals surface area contributed by atoms with Crippen LogP contribution >= 0.6 is 0 Å². The fourth-order valence-corrected chi connectivity index (χ4v) is 4.01. The second-order valence-electron chi connectivity index (χ2n) is 8.03. The van der Waals surface area contributed by atoms with E-state index >= 15 is 0 Å². The molecule has 1 aromatic heterocycles. The molecule has 1 aliphatic heterocycles. The largest absolute Gasteiger partial charge is 0.504 e. The molecule has 1 fully saturated rings. The van der Waals surface area contributed by atoms with Gasteiger partial charge in [-0.2, -0.15) is 0 Å². The minimum Gasteiger partial charge on any atom is -0.504 e. The van der Waals surface area contributed by atoms with Crippen LogP contribution in [0.4, 0.5) is 5.69 Å². The molecule has 0 bridgehead atoms. The lowest BCUT2D eigenvalue weighted by Crippen LogP contribution is -2.39. The van der Waals surface area contributed by atoms with Crippen LogP contribution in [0.2, 0.25) is 0 Å². The third kappa shape index (κ3) is 5.09. The maximum absolute atomic E-state index is 11.9. The summed E-state index contributed by atoms with van der Waals surface area (Å²) in [4.78, 5) is 14.3. The summed E-state index contributed by atoms with van der Waals surface area (Å²) in [5.74, 6) is 0.625. The maximum atomic E-state index is 11.9. The predicted octanol–water partition coefficient (Wildman–Crippen LogP) is 4.41. The molecule has 0 spiro atoms. The Morgan fingerprint density at radius 1 is 1.19 bits per heavy atom. The van der Waals surface area contributed by atoms with E-state index in [1.165, 1.54) is 0 Å². The number of phenolic OH excluding ortho intramolecular Hbond substituents is 1. The monoisotopic (exact) mass is 420 g/mol. The number of hydrogen-bond acceptors (Lipinski definition) is 6. The van der Waals surface area contributed by atoms with Gasteiger partial charge >= 0.3 is 5.63 Å². The van der Waals surface area contributed by atoms with Gasteiger partial charge in [0.2, 0.25) is 0 Å². The smallest absolute Gasteiger partial charge is 0.338 e. The number of nitrogens with zero attached hydrogens (tertiary/aromatic N) is 1. The highest BCUT2D eigenvalue weighted by atomic mass is 16.5. The van der Waals surface area contributed by atoms with E-state index in [1.54, 1.807) is 19.2 Å². The van der Waals surface area contributed by atoms with Gasteiger partial charge in [0.1, 0.15) is 5.58 Å². The van der Waals surface area contributed by atoms with Crippen LogP contribution in [0.3, 0.4) is 0 Å². The molecule has 0 atom stereocenters. The van der Waals surface area contributed by atoms with Crippen molar-refractivity contribution in [1.82, 2.24) is 4.90 Å². The number of ether oxygens (including phenoxy) is 1. The molecule has 0 saturated carbocycles. The number of likely N-dealkylation sites (tertiary alicyclic amines) is 1. The van der Waals surface area contributed by atoms with Gasteiger partial charge in [0.15, 0.2) is 11.5 Å². The lowest BCUT2D eigenvalue weighted by molar-refractivity contribution is 0.240. The van der Waals surface area contributed by atoms with E-state index in [2.05, 4.69) is 22.4 Å². The quantitative estimate of drug-likeness (QED) is 0.576. The van der Waals surface area contributed by atoms with Gasteiger partial charge in [-0.25, -0.2) is 4.79 Å². The van der Waals surface area contributed by atoms with Gasteiger partial charge in [-0.1, -0.05) is 29.8 Å². The predicted molar refractivity (Wildman–Crippen MR) is 124 cm³/mol. The van der Waals surface area contributed by atoms with E-state index in [0.717, 1.165) is 54.7 Å². The van der Waals surface area contributed by atoms with Crippen LogP contribution < -0.4 is 15.7 Å². The highest BCUT2D eigenvalue weighted by Gasteiger charge is 2.19. The van der Waals surface area contributed by atoms with Crippen molar-refractivity contribution in [2.24, 2.45) is 0 Å². The summed E-state index contributed by atoms with van der Waals surface area (Å²) in [6, 6.07) is 13.1. The number of aryl methyl sites for hydroxylation is 1. The molecule has 1 saturated heterocycles. The molecule has 3 aromatic rings. The number of nitrogens with one attached hydrogen (secondary N) is 1. The van der Waals surface area contributed by atoms with E-state index in [1.807, 2.05) is 37.3 Å². The average Bonchev–Trinajstić information content (AvgIpc) is 2.76. The van der Waals surface area contributed by atoms with Crippen LogP contribution in [0.1, 0.15) is 24.0 Å². The average molecular weight is 421 g/mol. The van der Waals surface area contributed by atoms with Crippen molar-refractivity contribution in [1.29, 1.82) is 0 Å². The van der Waals surface area contributed by atoms with Crippen LogP contribution in [-0.4, -0.2) is 42.8 Å². The fourth-order valence-electron chi connectivity index (χ4n) is 4.01. The number of phenols is 1. The van der Waals surface area contributed by atoms with Crippen molar-refractivity contribution >= 4 is 22.7 Å². The summed E-state index contributed by atoms with van der Waals surface area (Å²) in [5, 5.41) is 14.2. The number of fused-ring (bicyclic) bond motifs is 1. The molecular formula is C25H28N2O4. The number of rotatable bonds is 6. The number of methoxy groups -OCH3 is 1. The van der Waals surface area contributed by atoms with Crippen molar-refractivity contribution in [2.75, 3.05) is 32.1 Å². The summed E-state index contributed by atoms with van der Waals surface area (Å²) < 4.78 is 10.5. The van der Waals surface area contributed by atoms with Crippen LogP contribution in [-0.2, 0) is 0 Å². The van der Waals surface area contributed by atoms with Crippen LogP contribution in [0, 0.1) is 6.92 Å². The lowest BCUT2D eigenvalue weighted by atomic mass is 10.0. The van der Waals surface area contributed by atoms with Crippen LogP contribution in [0.5, 0.6) is 11.5 Å². The Labute approximate surface area is 181 Å². The molecule has 0 aliphatic carbocycles. The van der Waals surface area contributed by atoms with E-state index < -0.39 is 0 Å². The van der Waals surface area contributed by atoms with E-state index in [-0.39, 0.29) is 11.4 Å². The van der Waals surface area contributed by atoms with E-state index in [4.69, 9.17) is 9.15 Å². The zero-order chi connectivity index (χ0) is 21.8. The van der Waals surface area contributed by atoms with Gasteiger partial charge in [-0.15, -0.1) is 0 Å². The highest BCUT2D eigenvalue weighted by Crippen LogP contribution is 2.27. The molecule has 6 heteroatoms. The normalized spacial score (nSPS) is 15.5. The summed E-state index contributed by atoms with van der Waals surface area (Å²) in [7, 11) is 1.55. The summed E-state index contributed by atoms with van der Waals surface area (Å²) >= 11 is 0. The van der Waals surface area contributed by atoms with Gasteiger partial charge in [-0.3, -0.25) is 4.90 Å². The molecule has 2 heterocycles. The second-order valence-corrected chi connectivity index (χ2v) is 8.03. The molecule has 0 radical (unpaired) electrons. The molecule has 31 heavy (non-hydrogen) atoms. The van der Waals surface area contributed by atoms with Crippen LogP contribution in [0.15, 0.2) is 57.8 Å². The Bertz CT molecular complexity index is 1140. The van der Waals surface area contributed by atoms with Crippen LogP contribution in [0.25, 0.3) is 17.0 Å². The van der Waals surface area contributed by atoms with Crippen molar-refractivity contribution in [3.8, 4) is 11.5 Å². The Morgan fingerprint density at radius 3 is 2.77 bits per heavy atom. The first-order chi connectivity index (χ1) is 15.0. The van der Waals surface area contributed by atoms with Gasteiger partial charge in [0.25, 0.3) is 0 Å². The number of anilines is 1. The second kappa shape index (κ2) is 9.27. The minimum absolute atomic E-state index is 0.147. The highest BCUT2D eigenvalue weighted by molar-refractivity contribution is 5.90. The zero-order valence-corrected chi connectivity index (χ0v) is 17.9. The van der Waals surface area contributed by atoms with Gasteiger partial charge in [0.05, 0.1) is 12.8 Å². The Morgan fingerprint density at radius 2 is 2.00 bits per heavy atom. The fraction of sp³-hybridized carbons (Fsp3) is 0.320. The topological polar surface area (TPSA) is 74.9 Å². The number of aromatic hydroxyl groups is 1. The Balaban J connectivity index is 1.34. The summed E-state index contributed by atoms with van der Waals surface area (Å²) in [5.41, 5.74) is 3.28. The third-order valence-electron chi connectivity index (χ3n) is 5.72. The Kier molecular flexibility index (Phi) is 6.28.